The van der Waals surface area contributed by atoms with E-state index in [4.69, 9.17) is 4.65 Å². The molecule has 0 spiro atoms. The highest BCUT2D eigenvalue weighted by Crippen LogP contribution is 2.53. The summed E-state index contributed by atoms with van der Waals surface area (Å²) in [5.41, 5.74) is 2.35. The third-order valence-corrected chi connectivity index (χ3v) is 7.21. The Labute approximate surface area is 185 Å². The van der Waals surface area contributed by atoms with Crippen LogP contribution in [0.5, 0.6) is 5.75 Å². The van der Waals surface area contributed by atoms with Crippen molar-refractivity contribution in [2.24, 2.45) is 23.7 Å². The van der Waals surface area contributed by atoms with Crippen molar-refractivity contribution in [3.05, 3.63) is 39.3 Å². The van der Waals surface area contributed by atoms with Crippen molar-refractivity contribution >= 4 is 34.9 Å². The quantitative estimate of drug-likeness (QED) is 0.513. The standard InChI is InChI=1S/C22H27BBrNO5/c1-4-7-25-21(27)16-9-13(11(2)3)20-15(19(16)22(25)28)10-18(30-23(20)29)14-8-12(24)5-6-17(14)26/h5-6,8,11,15-16,18-19,26,29H,4,7,9-10H2,1-3H3/t15-,16-,18-,19+/m0/s1. The topological polar surface area (TPSA) is 87.1 Å². The predicted molar refractivity (Wildman–Crippen MR) is 116 cm³/mol. The van der Waals surface area contributed by atoms with Crippen molar-refractivity contribution in [1.29, 1.82) is 0 Å². The molecule has 0 radical (unpaired) electrons. The Morgan fingerprint density at radius 2 is 2.00 bits per heavy atom. The molecular weight excluding hydrogens is 449 g/mol. The molecule has 3 aliphatic rings. The second kappa shape index (κ2) is 8.13. The van der Waals surface area contributed by atoms with Gasteiger partial charge in [-0.05, 0) is 54.8 Å². The molecule has 4 rings (SSSR count). The van der Waals surface area contributed by atoms with Gasteiger partial charge < -0.3 is 14.8 Å². The molecule has 2 saturated heterocycles. The van der Waals surface area contributed by atoms with E-state index in [1.807, 2.05) is 20.8 Å². The van der Waals surface area contributed by atoms with Gasteiger partial charge >= 0.3 is 7.12 Å². The first-order chi connectivity index (χ1) is 14.2. The maximum absolute atomic E-state index is 13.2. The van der Waals surface area contributed by atoms with E-state index in [0.29, 0.717) is 24.9 Å². The molecule has 8 heteroatoms. The minimum absolute atomic E-state index is 0.0840. The number of phenols is 1. The number of fused-ring (bicyclic) bond motifs is 3. The largest absolute Gasteiger partial charge is 0.508 e. The molecule has 0 bridgehead atoms. The first-order valence-electron chi connectivity index (χ1n) is 10.6. The third-order valence-electron chi connectivity index (χ3n) is 6.72. The minimum atomic E-state index is -1.16. The number of carbonyl (C=O) groups is 2. The fourth-order valence-corrected chi connectivity index (χ4v) is 5.77. The number of imide groups is 1. The van der Waals surface area contributed by atoms with Crippen LogP contribution >= 0.6 is 15.9 Å². The molecule has 4 atom stereocenters. The van der Waals surface area contributed by atoms with Gasteiger partial charge in [0.1, 0.15) is 5.75 Å². The van der Waals surface area contributed by atoms with Gasteiger partial charge in [0, 0.05) is 16.6 Å². The van der Waals surface area contributed by atoms with Crippen molar-refractivity contribution in [3.63, 3.8) is 0 Å². The van der Waals surface area contributed by atoms with Gasteiger partial charge in [-0.2, -0.15) is 0 Å². The van der Waals surface area contributed by atoms with Crippen molar-refractivity contribution in [3.8, 4) is 5.75 Å². The van der Waals surface area contributed by atoms with Gasteiger partial charge in [-0.1, -0.05) is 42.3 Å². The Hall–Kier alpha value is -1.64. The maximum atomic E-state index is 13.2. The van der Waals surface area contributed by atoms with Gasteiger partial charge in [-0.15, -0.1) is 0 Å². The lowest BCUT2D eigenvalue weighted by Gasteiger charge is -2.43. The minimum Gasteiger partial charge on any atom is -0.508 e. The van der Waals surface area contributed by atoms with E-state index in [1.165, 1.54) is 4.90 Å². The van der Waals surface area contributed by atoms with Gasteiger partial charge in [-0.25, -0.2) is 0 Å². The van der Waals surface area contributed by atoms with Crippen molar-refractivity contribution in [2.45, 2.75) is 46.1 Å². The number of hydrogen-bond acceptors (Lipinski definition) is 5. The number of likely N-dealkylation sites (tertiary alicyclic amines) is 1. The average Bonchev–Trinajstić information content (AvgIpc) is 2.94. The number of allylic oxidation sites excluding steroid dienone is 2. The van der Waals surface area contributed by atoms with Crippen molar-refractivity contribution in [1.82, 2.24) is 4.90 Å². The highest BCUT2D eigenvalue weighted by Gasteiger charge is 2.57. The highest BCUT2D eigenvalue weighted by atomic mass is 79.9. The molecule has 0 aromatic heterocycles. The lowest BCUT2D eigenvalue weighted by atomic mass is 9.54. The van der Waals surface area contributed by atoms with Gasteiger partial charge in [0.05, 0.1) is 17.9 Å². The molecule has 2 N–H and O–H groups in total. The Morgan fingerprint density at radius 3 is 2.67 bits per heavy atom. The average molecular weight is 476 g/mol. The van der Waals surface area contributed by atoms with Gasteiger partial charge in [0.2, 0.25) is 11.8 Å². The second-order valence-electron chi connectivity index (χ2n) is 8.82. The van der Waals surface area contributed by atoms with Crippen LogP contribution in [0.4, 0.5) is 0 Å². The number of aromatic hydroxyl groups is 1. The Kier molecular flexibility index (Phi) is 5.85. The fourth-order valence-electron chi connectivity index (χ4n) is 5.39. The summed E-state index contributed by atoms with van der Waals surface area (Å²) >= 11 is 3.42. The summed E-state index contributed by atoms with van der Waals surface area (Å²) in [5, 5.41) is 21.4. The number of amides is 2. The summed E-state index contributed by atoms with van der Waals surface area (Å²) in [6.45, 7) is 6.47. The lowest BCUT2D eigenvalue weighted by molar-refractivity contribution is -0.140. The molecule has 6 nitrogen and oxygen atoms in total. The molecule has 1 aliphatic carbocycles. The van der Waals surface area contributed by atoms with E-state index in [-0.39, 0.29) is 35.3 Å². The van der Waals surface area contributed by atoms with Crippen LogP contribution in [-0.4, -0.2) is 40.5 Å². The monoisotopic (exact) mass is 475 g/mol. The summed E-state index contributed by atoms with van der Waals surface area (Å²) in [6.07, 6.45) is 1.08. The molecule has 2 aliphatic heterocycles. The van der Waals surface area contributed by atoms with E-state index in [2.05, 4.69) is 15.9 Å². The first kappa shape index (κ1) is 21.6. The van der Waals surface area contributed by atoms with E-state index in [9.17, 15) is 19.7 Å². The van der Waals surface area contributed by atoms with Gasteiger partial charge in [-0.3, -0.25) is 14.5 Å². The highest BCUT2D eigenvalue weighted by molar-refractivity contribution is 9.10. The van der Waals surface area contributed by atoms with E-state index in [0.717, 1.165) is 21.9 Å². The molecule has 2 amide bonds. The number of hydrogen-bond donors (Lipinski definition) is 2. The van der Waals surface area contributed by atoms with E-state index >= 15 is 0 Å². The molecule has 30 heavy (non-hydrogen) atoms. The van der Waals surface area contributed by atoms with E-state index < -0.39 is 19.1 Å². The zero-order valence-corrected chi connectivity index (χ0v) is 19.1. The smallest absolute Gasteiger partial charge is 0.487 e. The normalized spacial score (nSPS) is 29.0. The Balaban J connectivity index is 1.77. The second-order valence-corrected chi connectivity index (χ2v) is 9.74. The van der Waals surface area contributed by atoms with Gasteiger partial charge in [0.15, 0.2) is 0 Å². The van der Waals surface area contributed by atoms with Crippen molar-refractivity contribution < 1.29 is 24.4 Å². The molecule has 2 heterocycles. The van der Waals surface area contributed by atoms with Crippen LogP contribution < -0.4 is 0 Å². The van der Waals surface area contributed by atoms with Crippen molar-refractivity contribution in [2.75, 3.05) is 6.54 Å². The lowest BCUT2D eigenvalue weighted by Crippen LogP contribution is -2.45. The molecule has 2 fully saturated rings. The van der Waals surface area contributed by atoms with Crippen LogP contribution in [0.3, 0.4) is 0 Å². The summed E-state index contributed by atoms with van der Waals surface area (Å²) in [6, 6.07) is 5.09. The van der Waals surface area contributed by atoms with Crippen LogP contribution in [0, 0.1) is 23.7 Å². The summed E-state index contributed by atoms with van der Waals surface area (Å²) in [5.74, 6) is -1.14. The van der Waals surface area contributed by atoms with Gasteiger partial charge in [0.25, 0.3) is 0 Å². The number of carbonyl (C=O) groups excluding carboxylic acids is 2. The Morgan fingerprint density at radius 1 is 1.27 bits per heavy atom. The molecule has 1 aromatic carbocycles. The summed E-state index contributed by atoms with van der Waals surface area (Å²) in [7, 11) is -1.16. The first-order valence-corrected chi connectivity index (χ1v) is 11.4. The number of benzene rings is 1. The molecular formula is C22H27BBrNO5. The Bertz CT molecular complexity index is 917. The third kappa shape index (κ3) is 3.43. The number of halogens is 1. The zero-order valence-electron chi connectivity index (χ0n) is 17.5. The van der Waals surface area contributed by atoms with E-state index in [1.54, 1.807) is 18.2 Å². The van der Waals surface area contributed by atoms with Crippen LogP contribution in [0.15, 0.2) is 33.7 Å². The number of rotatable bonds is 4. The predicted octanol–water partition coefficient (Wildman–Crippen LogP) is 3.62. The number of nitrogens with zero attached hydrogens (tertiary/aromatic N) is 1. The zero-order chi connectivity index (χ0) is 21.7. The molecule has 1 aromatic rings. The SMILES string of the molecule is CCCN1C(=O)[C@H]2[C@H](CC(C(C)C)=C3B(O)O[C@H](c4cc(Br)ccc4O)C[C@H]32)C1=O. The van der Waals surface area contributed by atoms with Crippen LogP contribution in [0.1, 0.15) is 51.7 Å². The molecule has 160 valence electrons. The van der Waals surface area contributed by atoms with Crippen LogP contribution in [0.25, 0.3) is 0 Å². The van der Waals surface area contributed by atoms with Crippen LogP contribution in [-0.2, 0) is 14.2 Å². The summed E-state index contributed by atoms with van der Waals surface area (Å²) < 4.78 is 6.74. The molecule has 0 saturated carbocycles. The number of phenolic OH excluding ortho intramolecular Hbond substituents is 1. The van der Waals surface area contributed by atoms with Crippen LogP contribution in [0.2, 0.25) is 0 Å². The maximum Gasteiger partial charge on any atom is 0.487 e. The molecule has 0 unspecified atom stereocenters. The summed E-state index contributed by atoms with van der Waals surface area (Å²) in [4.78, 5) is 27.7. The fraction of sp³-hybridized carbons (Fsp3) is 0.545.